The van der Waals surface area contributed by atoms with Gasteiger partial charge in [0.2, 0.25) is 11.9 Å². The zero-order chi connectivity index (χ0) is 13.8. The van der Waals surface area contributed by atoms with Crippen molar-refractivity contribution in [2.24, 2.45) is 5.73 Å². The summed E-state index contributed by atoms with van der Waals surface area (Å²) in [7, 11) is 1.41. The van der Waals surface area contributed by atoms with Crippen LogP contribution in [-0.4, -0.2) is 34.1 Å². The molecule has 0 bridgehead atoms. The fourth-order valence-electron chi connectivity index (χ4n) is 1.36. The second kappa shape index (κ2) is 5.17. The average molecular weight is 261 g/mol. The standard InChI is InChI=1S/C11H11N5O3/c1-19-11-14-10(15-16-11)13-9(18)7-4-2-6(3-5-7)8(12)17/h2-5H,1H3,(H2,12,17)(H2,13,14,15,16,18). The predicted molar refractivity (Wildman–Crippen MR) is 65.8 cm³/mol. The summed E-state index contributed by atoms with van der Waals surface area (Å²) in [6.45, 7) is 0. The van der Waals surface area contributed by atoms with E-state index in [-0.39, 0.29) is 12.0 Å². The molecule has 8 heteroatoms. The van der Waals surface area contributed by atoms with E-state index in [1.54, 1.807) is 0 Å². The predicted octanol–water partition coefficient (Wildman–Crippen LogP) is 0.164. The summed E-state index contributed by atoms with van der Waals surface area (Å²) in [5, 5.41) is 8.68. The number of anilines is 1. The van der Waals surface area contributed by atoms with Gasteiger partial charge in [-0.15, -0.1) is 5.10 Å². The van der Waals surface area contributed by atoms with Gasteiger partial charge in [0, 0.05) is 11.1 Å². The topological polar surface area (TPSA) is 123 Å². The lowest BCUT2D eigenvalue weighted by Crippen LogP contribution is -2.14. The zero-order valence-corrected chi connectivity index (χ0v) is 10.0. The van der Waals surface area contributed by atoms with Gasteiger partial charge in [-0.05, 0) is 24.3 Å². The molecule has 2 amide bonds. The van der Waals surface area contributed by atoms with E-state index < -0.39 is 11.8 Å². The molecule has 2 aromatic rings. The van der Waals surface area contributed by atoms with Crippen molar-refractivity contribution >= 4 is 17.8 Å². The Morgan fingerprint density at radius 3 is 2.42 bits per heavy atom. The summed E-state index contributed by atoms with van der Waals surface area (Å²) in [6.07, 6.45) is 0. The van der Waals surface area contributed by atoms with Gasteiger partial charge in [-0.1, -0.05) is 0 Å². The van der Waals surface area contributed by atoms with Gasteiger partial charge in [-0.25, -0.2) is 5.10 Å². The fraction of sp³-hybridized carbons (Fsp3) is 0.0909. The fourth-order valence-corrected chi connectivity index (χ4v) is 1.36. The average Bonchev–Trinajstić information content (AvgIpc) is 2.86. The zero-order valence-electron chi connectivity index (χ0n) is 10.0. The summed E-state index contributed by atoms with van der Waals surface area (Å²) in [4.78, 5) is 26.6. The largest absolute Gasteiger partial charge is 0.466 e. The van der Waals surface area contributed by atoms with E-state index in [1.165, 1.54) is 31.4 Å². The maximum Gasteiger partial charge on any atom is 0.336 e. The number of hydrogen-bond donors (Lipinski definition) is 3. The number of aromatic amines is 1. The lowest BCUT2D eigenvalue weighted by atomic mass is 10.1. The molecule has 4 N–H and O–H groups in total. The van der Waals surface area contributed by atoms with Crippen LogP contribution in [0.15, 0.2) is 24.3 Å². The number of nitrogens with two attached hydrogens (primary N) is 1. The first-order chi connectivity index (χ1) is 9.10. The molecular weight excluding hydrogens is 250 g/mol. The third kappa shape index (κ3) is 2.86. The Morgan fingerprint density at radius 2 is 1.89 bits per heavy atom. The summed E-state index contributed by atoms with van der Waals surface area (Å²) in [6, 6.07) is 6.04. The molecule has 1 aromatic carbocycles. The van der Waals surface area contributed by atoms with Crippen molar-refractivity contribution in [1.29, 1.82) is 0 Å². The molecule has 0 fully saturated rings. The van der Waals surface area contributed by atoms with E-state index in [4.69, 9.17) is 10.5 Å². The molecule has 0 unspecified atom stereocenters. The van der Waals surface area contributed by atoms with Crippen molar-refractivity contribution in [2.75, 3.05) is 12.4 Å². The van der Waals surface area contributed by atoms with Gasteiger partial charge in [0.25, 0.3) is 5.91 Å². The molecule has 8 nitrogen and oxygen atoms in total. The van der Waals surface area contributed by atoms with Gasteiger partial charge in [0.05, 0.1) is 7.11 Å². The number of carbonyl (C=O) groups excluding carboxylic acids is 2. The number of nitrogens with zero attached hydrogens (tertiary/aromatic N) is 2. The van der Waals surface area contributed by atoms with Crippen molar-refractivity contribution in [3.05, 3.63) is 35.4 Å². The van der Waals surface area contributed by atoms with Crippen LogP contribution in [0.4, 0.5) is 5.95 Å². The van der Waals surface area contributed by atoms with Crippen LogP contribution in [0.5, 0.6) is 6.01 Å². The van der Waals surface area contributed by atoms with E-state index in [1.807, 2.05) is 0 Å². The Kier molecular flexibility index (Phi) is 3.42. The molecule has 1 heterocycles. The van der Waals surface area contributed by atoms with Gasteiger partial charge in [0.1, 0.15) is 0 Å². The molecule has 98 valence electrons. The molecule has 0 saturated heterocycles. The molecule has 0 radical (unpaired) electrons. The van der Waals surface area contributed by atoms with Crippen molar-refractivity contribution < 1.29 is 14.3 Å². The van der Waals surface area contributed by atoms with Gasteiger partial charge in [0.15, 0.2) is 0 Å². The van der Waals surface area contributed by atoms with Gasteiger partial charge >= 0.3 is 6.01 Å². The SMILES string of the molecule is COc1n[nH]c(NC(=O)c2ccc(C(N)=O)cc2)n1. The number of nitrogens with one attached hydrogen (secondary N) is 2. The smallest absolute Gasteiger partial charge is 0.336 e. The Labute approximate surface area is 108 Å². The number of H-pyrrole nitrogens is 1. The quantitative estimate of drug-likeness (QED) is 0.723. The molecule has 2 rings (SSSR count). The first-order valence-electron chi connectivity index (χ1n) is 5.28. The summed E-state index contributed by atoms with van der Waals surface area (Å²) < 4.78 is 4.77. The Balaban J connectivity index is 2.09. The number of aromatic nitrogens is 3. The minimum atomic E-state index is -0.549. The number of carbonyl (C=O) groups is 2. The van der Waals surface area contributed by atoms with E-state index in [9.17, 15) is 9.59 Å². The van der Waals surface area contributed by atoms with Crippen LogP contribution >= 0.6 is 0 Å². The molecule has 1 aromatic heterocycles. The van der Waals surface area contributed by atoms with Gasteiger partial charge < -0.3 is 10.5 Å². The number of rotatable bonds is 4. The number of primary amides is 1. The molecule has 0 aliphatic rings. The van der Waals surface area contributed by atoms with Crippen LogP contribution in [0.3, 0.4) is 0 Å². The minimum absolute atomic E-state index is 0.124. The van der Waals surface area contributed by atoms with Crippen molar-refractivity contribution in [2.45, 2.75) is 0 Å². The molecule has 0 aliphatic heterocycles. The molecule has 19 heavy (non-hydrogen) atoms. The van der Waals surface area contributed by atoms with Crippen LogP contribution in [-0.2, 0) is 0 Å². The lowest BCUT2D eigenvalue weighted by molar-refractivity contribution is 0.0995. The highest BCUT2D eigenvalue weighted by atomic mass is 16.5. The molecular formula is C11H11N5O3. The molecule has 0 aliphatic carbocycles. The van der Waals surface area contributed by atoms with Crippen molar-refractivity contribution in [3.8, 4) is 6.01 Å². The highest BCUT2D eigenvalue weighted by Gasteiger charge is 2.10. The molecule has 0 spiro atoms. The first kappa shape index (κ1) is 12.6. The number of hydrogen-bond acceptors (Lipinski definition) is 5. The number of benzene rings is 1. The first-order valence-corrected chi connectivity index (χ1v) is 5.28. The lowest BCUT2D eigenvalue weighted by Gasteiger charge is -2.02. The third-order valence-corrected chi connectivity index (χ3v) is 2.31. The summed E-state index contributed by atoms with van der Waals surface area (Å²) >= 11 is 0. The van der Waals surface area contributed by atoms with Gasteiger partial charge in [-0.3, -0.25) is 14.9 Å². The third-order valence-electron chi connectivity index (χ3n) is 2.31. The molecule has 0 saturated carbocycles. The number of ether oxygens (including phenoxy) is 1. The number of amides is 2. The Bertz CT molecular complexity index is 605. The van der Waals surface area contributed by atoms with E-state index in [0.717, 1.165) is 0 Å². The van der Waals surface area contributed by atoms with E-state index >= 15 is 0 Å². The summed E-state index contributed by atoms with van der Waals surface area (Å²) in [5.41, 5.74) is 5.80. The van der Waals surface area contributed by atoms with Crippen LogP contribution in [0.1, 0.15) is 20.7 Å². The van der Waals surface area contributed by atoms with E-state index in [2.05, 4.69) is 20.5 Å². The highest BCUT2D eigenvalue weighted by molar-refractivity contribution is 6.04. The van der Waals surface area contributed by atoms with Crippen LogP contribution < -0.4 is 15.8 Å². The maximum absolute atomic E-state index is 11.8. The second-order valence-electron chi connectivity index (χ2n) is 3.57. The maximum atomic E-state index is 11.8. The van der Waals surface area contributed by atoms with Crippen LogP contribution in [0.2, 0.25) is 0 Å². The Morgan fingerprint density at radius 1 is 1.26 bits per heavy atom. The van der Waals surface area contributed by atoms with Crippen LogP contribution in [0, 0.1) is 0 Å². The normalized spacial score (nSPS) is 9.95. The van der Waals surface area contributed by atoms with Crippen molar-refractivity contribution in [3.63, 3.8) is 0 Å². The monoisotopic (exact) mass is 261 g/mol. The van der Waals surface area contributed by atoms with Gasteiger partial charge in [-0.2, -0.15) is 4.98 Å². The molecule has 0 atom stereocenters. The second-order valence-corrected chi connectivity index (χ2v) is 3.57. The van der Waals surface area contributed by atoms with Crippen molar-refractivity contribution in [1.82, 2.24) is 15.2 Å². The van der Waals surface area contributed by atoms with Crippen LogP contribution in [0.25, 0.3) is 0 Å². The van der Waals surface area contributed by atoms with E-state index in [0.29, 0.717) is 11.1 Å². The number of methoxy groups -OCH3 is 1. The summed E-state index contributed by atoms with van der Waals surface area (Å²) in [5.74, 6) is -0.775. The Hall–Kier alpha value is -2.90. The minimum Gasteiger partial charge on any atom is -0.466 e. The highest BCUT2D eigenvalue weighted by Crippen LogP contribution is 2.08.